The number of aromatic amines is 1. The lowest BCUT2D eigenvalue weighted by atomic mass is 9.80. The molecule has 1 aliphatic heterocycles. The second-order valence-corrected chi connectivity index (χ2v) is 12.3. The lowest BCUT2D eigenvalue weighted by Gasteiger charge is -2.45. The van der Waals surface area contributed by atoms with Gasteiger partial charge in [-0.3, -0.25) is 9.59 Å². The van der Waals surface area contributed by atoms with E-state index in [4.69, 9.17) is 4.74 Å². The van der Waals surface area contributed by atoms with Crippen molar-refractivity contribution >= 4 is 28.6 Å². The van der Waals surface area contributed by atoms with E-state index < -0.39 is 0 Å². The Kier molecular flexibility index (Phi) is 8.41. The van der Waals surface area contributed by atoms with Crippen LogP contribution in [0.15, 0.2) is 40.0 Å². The van der Waals surface area contributed by atoms with Gasteiger partial charge in [-0.05, 0) is 70.8 Å². The zero-order valence-electron chi connectivity index (χ0n) is 23.8. The monoisotopic (exact) mass is 561 g/mol. The summed E-state index contributed by atoms with van der Waals surface area (Å²) in [5.41, 5.74) is 3.75. The summed E-state index contributed by atoms with van der Waals surface area (Å²) in [6.07, 6.45) is 6.73. The molecule has 1 saturated carbocycles. The fourth-order valence-electron chi connectivity index (χ4n) is 6.62. The average molecular weight is 562 g/mol. The SMILES string of the molecule is CSc1cc(C)[nH]c(=O)c1CNC(=O)c1c(C)n([C@H](C)C2CCC(NC3(CC#N)COC3)CC2)c2ccccc12. The molecule has 0 radical (unpaired) electrons. The van der Waals surface area contributed by atoms with Crippen LogP contribution in [0.25, 0.3) is 10.9 Å². The zero-order chi connectivity index (χ0) is 28.4. The van der Waals surface area contributed by atoms with Gasteiger partial charge in [-0.15, -0.1) is 11.8 Å². The number of carbonyl (C=O) groups is 1. The first-order chi connectivity index (χ1) is 19.3. The van der Waals surface area contributed by atoms with Gasteiger partial charge in [0.2, 0.25) is 0 Å². The van der Waals surface area contributed by atoms with E-state index >= 15 is 0 Å². The number of carbonyl (C=O) groups excluding carboxylic acids is 1. The van der Waals surface area contributed by atoms with Gasteiger partial charge < -0.3 is 24.9 Å². The predicted molar refractivity (Wildman–Crippen MR) is 159 cm³/mol. The molecule has 1 atom stereocenters. The standard InChI is InChI=1S/C31H39N5O3S/c1-19-15-27(40-4)25(29(37)34-19)16-33-30(38)28-21(3)36(26-8-6-5-7-24(26)28)20(2)22-9-11-23(12-10-22)35-31(13-14-32)17-39-18-31/h5-8,15,20,22-23,35H,9-13,16-18H2,1-4H3,(H,33,38)(H,34,37)/t20-,22?,23?/m1/s1. The second-order valence-electron chi connectivity index (χ2n) is 11.5. The number of fused-ring (bicyclic) bond motifs is 1. The molecule has 1 aliphatic carbocycles. The molecule has 212 valence electrons. The smallest absolute Gasteiger partial charge is 0.254 e. The van der Waals surface area contributed by atoms with E-state index in [2.05, 4.69) is 39.2 Å². The van der Waals surface area contributed by atoms with E-state index in [1.807, 2.05) is 44.4 Å². The molecule has 0 bridgehead atoms. The molecule has 3 N–H and O–H groups in total. The number of ether oxygens (including phenoxy) is 1. The highest BCUT2D eigenvalue weighted by Gasteiger charge is 2.41. The number of nitrogens with one attached hydrogen (secondary N) is 3. The highest BCUT2D eigenvalue weighted by molar-refractivity contribution is 7.98. The van der Waals surface area contributed by atoms with Crippen LogP contribution < -0.4 is 16.2 Å². The van der Waals surface area contributed by atoms with E-state index in [0.717, 1.165) is 52.9 Å². The van der Waals surface area contributed by atoms with Gasteiger partial charge >= 0.3 is 0 Å². The predicted octanol–water partition coefficient (Wildman–Crippen LogP) is 4.99. The van der Waals surface area contributed by atoms with Gasteiger partial charge in [0.1, 0.15) is 0 Å². The number of hydrogen-bond donors (Lipinski definition) is 3. The van der Waals surface area contributed by atoms with Crippen molar-refractivity contribution in [2.45, 2.75) is 81.9 Å². The van der Waals surface area contributed by atoms with Gasteiger partial charge in [0.05, 0.1) is 36.8 Å². The number of hydrogen-bond acceptors (Lipinski definition) is 6. The Bertz CT molecular complexity index is 1490. The highest BCUT2D eigenvalue weighted by atomic mass is 32.2. The van der Waals surface area contributed by atoms with Gasteiger partial charge in [-0.25, -0.2) is 0 Å². The van der Waals surface area contributed by atoms with Gasteiger partial charge in [-0.1, -0.05) is 18.2 Å². The fraction of sp³-hybridized carbons (Fsp3) is 0.516. The van der Waals surface area contributed by atoms with Gasteiger partial charge in [0.15, 0.2) is 0 Å². The van der Waals surface area contributed by atoms with Crippen molar-refractivity contribution < 1.29 is 9.53 Å². The minimum absolute atomic E-state index is 0.161. The molecule has 5 rings (SSSR count). The summed E-state index contributed by atoms with van der Waals surface area (Å²) >= 11 is 1.51. The number of H-pyrrole nitrogens is 1. The summed E-state index contributed by atoms with van der Waals surface area (Å²) in [5, 5.41) is 16.9. The van der Waals surface area contributed by atoms with Crippen molar-refractivity contribution in [1.29, 1.82) is 5.26 Å². The molecule has 8 nitrogen and oxygen atoms in total. The zero-order valence-corrected chi connectivity index (χ0v) is 24.6. The molecular formula is C31H39N5O3S. The van der Waals surface area contributed by atoms with E-state index in [9.17, 15) is 14.9 Å². The van der Waals surface area contributed by atoms with Crippen molar-refractivity contribution in [3.63, 3.8) is 0 Å². The lowest BCUT2D eigenvalue weighted by Crippen LogP contribution is -2.63. The van der Waals surface area contributed by atoms with Gasteiger partial charge in [0, 0.05) is 51.4 Å². The van der Waals surface area contributed by atoms with Crippen molar-refractivity contribution in [1.82, 2.24) is 20.2 Å². The summed E-state index contributed by atoms with van der Waals surface area (Å²) in [4.78, 5) is 30.0. The van der Waals surface area contributed by atoms with Crippen LogP contribution in [-0.2, 0) is 11.3 Å². The van der Waals surface area contributed by atoms with Crippen LogP contribution >= 0.6 is 11.8 Å². The van der Waals surface area contributed by atoms with Crippen LogP contribution in [0.2, 0.25) is 0 Å². The van der Waals surface area contributed by atoms with Crippen LogP contribution in [0.1, 0.15) is 72.4 Å². The number of nitrogens with zero attached hydrogens (tertiary/aromatic N) is 2. The van der Waals surface area contributed by atoms with Crippen LogP contribution in [0.5, 0.6) is 0 Å². The summed E-state index contributed by atoms with van der Waals surface area (Å²) in [7, 11) is 0. The van der Waals surface area contributed by atoms with Crippen molar-refractivity contribution in [2.75, 3.05) is 19.5 Å². The summed E-state index contributed by atoms with van der Waals surface area (Å²) in [6, 6.07) is 13.0. The second kappa shape index (κ2) is 11.8. The molecule has 40 heavy (non-hydrogen) atoms. The maximum Gasteiger partial charge on any atom is 0.254 e. The highest BCUT2D eigenvalue weighted by Crippen LogP contribution is 2.38. The van der Waals surface area contributed by atoms with Gasteiger partial charge in [-0.2, -0.15) is 5.26 Å². The molecule has 9 heteroatoms. The van der Waals surface area contributed by atoms with E-state index in [0.29, 0.717) is 42.7 Å². The Morgan fingerprint density at radius 1 is 1.25 bits per heavy atom. The quantitative estimate of drug-likeness (QED) is 0.318. The third-order valence-corrected chi connectivity index (χ3v) is 9.61. The van der Waals surface area contributed by atoms with Crippen LogP contribution in [-0.4, -0.2) is 46.5 Å². The summed E-state index contributed by atoms with van der Waals surface area (Å²) in [6.45, 7) is 7.58. The molecule has 1 saturated heterocycles. The first-order valence-corrected chi connectivity index (χ1v) is 15.4. The average Bonchev–Trinajstić information content (AvgIpc) is 3.22. The minimum Gasteiger partial charge on any atom is -0.377 e. The Morgan fingerprint density at radius 2 is 1.98 bits per heavy atom. The number of benzene rings is 1. The normalized spacial score (nSPS) is 21.0. The molecule has 3 heterocycles. The maximum atomic E-state index is 13.6. The molecular weight excluding hydrogens is 522 g/mol. The number of aryl methyl sites for hydroxylation is 1. The number of nitriles is 1. The third kappa shape index (κ3) is 5.45. The van der Waals surface area contributed by atoms with Crippen molar-refractivity contribution in [2.24, 2.45) is 5.92 Å². The first-order valence-electron chi connectivity index (χ1n) is 14.1. The number of amides is 1. The van der Waals surface area contributed by atoms with E-state index in [-0.39, 0.29) is 29.6 Å². The molecule has 1 aromatic carbocycles. The third-order valence-electron chi connectivity index (χ3n) is 8.80. The Hall–Kier alpha value is -3.06. The lowest BCUT2D eigenvalue weighted by molar-refractivity contribution is -0.0795. The van der Waals surface area contributed by atoms with Crippen molar-refractivity contribution in [3.05, 3.63) is 63.2 Å². The number of thioether (sulfide) groups is 1. The molecule has 3 aromatic rings. The summed E-state index contributed by atoms with van der Waals surface area (Å²) < 4.78 is 7.76. The Morgan fingerprint density at radius 3 is 2.62 bits per heavy atom. The van der Waals surface area contributed by atoms with Crippen LogP contribution in [0.3, 0.4) is 0 Å². The Labute approximate surface area is 239 Å². The van der Waals surface area contributed by atoms with Crippen LogP contribution in [0.4, 0.5) is 0 Å². The van der Waals surface area contributed by atoms with Crippen LogP contribution in [0, 0.1) is 31.1 Å². The fourth-order valence-corrected chi connectivity index (χ4v) is 7.33. The maximum absolute atomic E-state index is 13.6. The first kappa shape index (κ1) is 28.5. The molecule has 2 fully saturated rings. The molecule has 0 unspecified atom stereocenters. The molecule has 2 aliphatic rings. The topological polar surface area (TPSA) is 112 Å². The summed E-state index contributed by atoms with van der Waals surface area (Å²) in [5.74, 6) is 0.327. The number of rotatable bonds is 9. The molecule has 2 aromatic heterocycles. The van der Waals surface area contributed by atoms with Crippen molar-refractivity contribution in [3.8, 4) is 6.07 Å². The molecule has 1 amide bonds. The number of aromatic nitrogens is 2. The number of pyridine rings is 1. The Balaban J connectivity index is 1.33. The van der Waals surface area contributed by atoms with E-state index in [1.165, 1.54) is 11.8 Å². The largest absolute Gasteiger partial charge is 0.377 e. The number of para-hydroxylation sites is 1. The van der Waals surface area contributed by atoms with E-state index in [1.54, 1.807) is 0 Å². The van der Waals surface area contributed by atoms with Gasteiger partial charge in [0.25, 0.3) is 11.5 Å². The molecule has 0 spiro atoms. The minimum atomic E-state index is -0.173.